The summed E-state index contributed by atoms with van der Waals surface area (Å²) in [6.45, 7) is 4.66. The van der Waals surface area contributed by atoms with Gasteiger partial charge >= 0.3 is 0 Å². The van der Waals surface area contributed by atoms with Crippen molar-refractivity contribution in [1.29, 1.82) is 0 Å². The third-order valence-corrected chi connectivity index (χ3v) is 7.99. The van der Waals surface area contributed by atoms with Crippen LogP contribution in [-0.2, 0) is 14.8 Å². The molecule has 31 heavy (non-hydrogen) atoms. The Balaban J connectivity index is 1.61. The summed E-state index contributed by atoms with van der Waals surface area (Å²) in [5.74, 6) is 0.591. The molecule has 0 saturated carbocycles. The minimum atomic E-state index is -3.58. The second-order valence-electron chi connectivity index (χ2n) is 7.83. The van der Waals surface area contributed by atoms with E-state index in [9.17, 15) is 13.2 Å². The van der Waals surface area contributed by atoms with Crippen molar-refractivity contribution in [2.75, 3.05) is 20.2 Å². The lowest BCUT2D eigenvalue weighted by Crippen LogP contribution is -2.43. The van der Waals surface area contributed by atoms with Gasteiger partial charge in [0.15, 0.2) is 0 Å². The molecule has 0 aromatic heterocycles. The Bertz CT molecular complexity index is 1020. The lowest BCUT2D eigenvalue weighted by Gasteiger charge is -2.31. The van der Waals surface area contributed by atoms with Crippen LogP contribution in [0.5, 0.6) is 5.75 Å². The fraction of sp³-hybridized carbons (Fsp3) is 0.435. The minimum absolute atomic E-state index is 0.0242. The molecule has 1 amide bonds. The van der Waals surface area contributed by atoms with Crippen LogP contribution in [0.15, 0.2) is 47.4 Å². The Kier molecular flexibility index (Phi) is 7.62. The van der Waals surface area contributed by atoms with Crippen LogP contribution in [-0.4, -0.2) is 38.8 Å². The third-order valence-electron chi connectivity index (χ3n) is 5.82. The van der Waals surface area contributed by atoms with Gasteiger partial charge in [0.25, 0.3) is 0 Å². The fourth-order valence-corrected chi connectivity index (χ4v) is 5.54. The predicted octanol–water partition coefficient (Wildman–Crippen LogP) is 4.33. The number of nitrogens with one attached hydrogen (secondary N) is 1. The van der Waals surface area contributed by atoms with Crippen molar-refractivity contribution in [2.24, 2.45) is 5.92 Å². The van der Waals surface area contributed by atoms with E-state index in [-0.39, 0.29) is 22.8 Å². The first kappa shape index (κ1) is 23.6. The van der Waals surface area contributed by atoms with E-state index in [1.54, 1.807) is 19.2 Å². The molecule has 1 atom stereocenters. The second kappa shape index (κ2) is 10.0. The van der Waals surface area contributed by atoms with E-state index in [0.29, 0.717) is 31.0 Å². The lowest BCUT2D eigenvalue weighted by molar-refractivity contribution is -0.126. The molecule has 168 valence electrons. The first-order valence-electron chi connectivity index (χ1n) is 10.5. The van der Waals surface area contributed by atoms with Crippen LogP contribution in [0.1, 0.15) is 43.4 Å². The molecule has 2 aromatic carbocycles. The number of methoxy groups -OCH3 is 1. The molecule has 2 aromatic rings. The summed E-state index contributed by atoms with van der Waals surface area (Å²) in [7, 11) is -1.94. The Morgan fingerprint density at radius 2 is 1.84 bits per heavy atom. The third kappa shape index (κ3) is 5.40. The van der Waals surface area contributed by atoms with Crippen LogP contribution in [0.2, 0.25) is 5.02 Å². The lowest BCUT2D eigenvalue weighted by atomic mass is 9.95. The van der Waals surface area contributed by atoms with Crippen molar-refractivity contribution >= 4 is 27.5 Å². The summed E-state index contributed by atoms with van der Waals surface area (Å²) in [6.07, 6.45) is 1.76. The maximum absolute atomic E-state index is 12.9. The summed E-state index contributed by atoms with van der Waals surface area (Å²) in [6, 6.07) is 12.0. The summed E-state index contributed by atoms with van der Waals surface area (Å²) in [5, 5.41) is 3.64. The maximum atomic E-state index is 12.9. The van der Waals surface area contributed by atoms with Gasteiger partial charge in [0.1, 0.15) is 5.75 Å². The van der Waals surface area contributed by atoms with Gasteiger partial charge in [-0.05, 0) is 67.6 Å². The number of piperidine rings is 1. The Morgan fingerprint density at radius 3 is 2.39 bits per heavy atom. The number of carbonyl (C=O) groups excluding carboxylic acids is 1. The van der Waals surface area contributed by atoms with Gasteiger partial charge in [-0.15, -0.1) is 0 Å². The number of amides is 1. The molecular formula is C23H29ClN2O4S. The minimum Gasteiger partial charge on any atom is -0.496 e. The number of nitrogens with zero attached hydrogens (tertiary/aromatic N) is 1. The van der Waals surface area contributed by atoms with E-state index in [2.05, 4.69) is 5.32 Å². The smallest absolute Gasteiger partial charge is 0.243 e. The second-order valence-corrected chi connectivity index (χ2v) is 10.2. The SMILES string of the molecule is CC[C@@H](NC(=O)C1CCN(S(=O)(=O)c2ccc(Cl)cc2)CC1)c1ccc(OC)c(C)c1. The number of ether oxygens (including phenoxy) is 1. The zero-order chi connectivity index (χ0) is 22.6. The highest BCUT2D eigenvalue weighted by Crippen LogP contribution is 2.27. The highest BCUT2D eigenvalue weighted by atomic mass is 35.5. The van der Waals surface area contributed by atoms with Crippen LogP contribution < -0.4 is 10.1 Å². The van der Waals surface area contributed by atoms with Gasteiger partial charge in [0.2, 0.25) is 15.9 Å². The molecule has 8 heteroatoms. The average Bonchev–Trinajstić information content (AvgIpc) is 2.77. The van der Waals surface area contributed by atoms with Gasteiger partial charge in [0.05, 0.1) is 18.0 Å². The normalized spacial score (nSPS) is 16.6. The molecule has 1 heterocycles. The van der Waals surface area contributed by atoms with Crippen molar-refractivity contribution in [3.8, 4) is 5.75 Å². The predicted molar refractivity (Wildman–Crippen MR) is 122 cm³/mol. The Labute approximate surface area is 189 Å². The van der Waals surface area contributed by atoms with Crippen LogP contribution in [0.4, 0.5) is 0 Å². The Morgan fingerprint density at radius 1 is 1.19 bits per heavy atom. The molecule has 0 aliphatic carbocycles. The van der Waals surface area contributed by atoms with Crippen molar-refractivity contribution in [3.63, 3.8) is 0 Å². The van der Waals surface area contributed by atoms with E-state index in [1.807, 2.05) is 32.0 Å². The zero-order valence-corrected chi connectivity index (χ0v) is 19.7. The Hall–Kier alpha value is -2.09. The molecule has 1 aliphatic heterocycles. The van der Waals surface area contributed by atoms with E-state index in [4.69, 9.17) is 16.3 Å². The van der Waals surface area contributed by atoms with Gasteiger partial charge in [-0.3, -0.25) is 4.79 Å². The van der Waals surface area contributed by atoms with Gasteiger partial charge in [-0.25, -0.2) is 8.42 Å². The number of sulfonamides is 1. The topological polar surface area (TPSA) is 75.7 Å². The fourth-order valence-electron chi connectivity index (χ4n) is 3.94. The quantitative estimate of drug-likeness (QED) is 0.661. The first-order valence-corrected chi connectivity index (χ1v) is 12.3. The number of benzene rings is 2. The van der Waals surface area contributed by atoms with Crippen molar-refractivity contribution in [3.05, 3.63) is 58.6 Å². The van der Waals surface area contributed by atoms with Crippen molar-refractivity contribution in [2.45, 2.75) is 44.0 Å². The van der Waals surface area contributed by atoms with Crippen molar-refractivity contribution < 1.29 is 17.9 Å². The van der Waals surface area contributed by atoms with E-state index < -0.39 is 10.0 Å². The molecule has 1 fully saturated rings. The molecule has 3 rings (SSSR count). The number of aryl methyl sites for hydroxylation is 1. The van der Waals surface area contributed by atoms with Crippen LogP contribution in [0, 0.1) is 12.8 Å². The van der Waals surface area contributed by atoms with Gasteiger partial charge < -0.3 is 10.1 Å². The number of rotatable bonds is 7. The maximum Gasteiger partial charge on any atom is 0.243 e. The van der Waals surface area contributed by atoms with Crippen LogP contribution in [0.3, 0.4) is 0 Å². The summed E-state index contributed by atoms with van der Waals surface area (Å²) < 4.78 is 32.4. The van der Waals surface area contributed by atoms with Gasteiger partial charge in [-0.2, -0.15) is 4.31 Å². The van der Waals surface area contributed by atoms with Crippen LogP contribution >= 0.6 is 11.6 Å². The molecule has 0 spiro atoms. The number of hydrogen-bond acceptors (Lipinski definition) is 4. The zero-order valence-electron chi connectivity index (χ0n) is 18.1. The number of hydrogen-bond donors (Lipinski definition) is 1. The largest absolute Gasteiger partial charge is 0.496 e. The van der Waals surface area contributed by atoms with Crippen LogP contribution in [0.25, 0.3) is 0 Å². The molecule has 1 aliphatic rings. The molecule has 0 bridgehead atoms. The van der Waals surface area contributed by atoms with E-state index in [1.165, 1.54) is 16.4 Å². The molecule has 6 nitrogen and oxygen atoms in total. The standard InChI is InChI=1S/C23H29ClN2O4S/c1-4-21(18-5-10-22(30-3)16(2)15-18)25-23(27)17-11-13-26(14-12-17)31(28,29)20-8-6-19(24)7-9-20/h5-10,15,17,21H,4,11-14H2,1-3H3,(H,25,27)/t21-/m1/s1. The molecule has 1 saturated heterocycles. The molecule has 0 unspecified atom stereocenters. The number of halogens is 1. The monoisotopic (exact) mass is 464 g/mol. The van der Waals surface area contributed by atoms with E-state index >= 15 is 0 Å². The number of carbonyl (C=O) groups is 1. The van der Waals surface area contributed by atoms with Gasteiger partial charge in [-0.1, -0.05) is 30.7 Å². The van der Waals surface area contributed by atoms with Gasteiger partial charge in [0, 0.05) is 24.0 Å². The summed E-state index contributed by atoms with van der Waals surface area (Å²) >= 11 is 5.86. The average molecular weight is 465 g/mol. The van der Waals surface area contributed by atoms with Crippen molar-refractivity contribution in [1.82, 2.24) is 9.62 Å². The molecule has 1 N–H and O–H groups in total. The molecular weight excluding hydrogens is 436 g/mol. The first-order chi connectivity index (χ1) is 14.8. The summed E-state index contributed by atoms with van der Waals surface area (Å²) in [4.78, 5) is 13.1. The highest BCUT2D eigenvalue weighted by Gasteiger charge is 2.32. The van der Waals surface area contributed by atoms with E-state index in [0.717, 1.165) is 23.3 Å². The molecule has 0 radical (unpaired) electrons. The highest BCUT2D eigenvalue weighted by molar-refractivity contribution is 7.89. The summed E-state index contributed by atoms with van der Waals surface area (Å²) in [5.41, 5.74) is 2.06.